The molecular formula is C21H20N2OS. The van der Waals surface area contributed by atoms with Crippen LogP contribution in [0.4, 0.5) is 0 Å². The van der Waals surface area contributed by atoms with Crippen molar-refractivity contribution >= 4 is 17.7 Å². The number of carbonyl (C=O) groups excluding carboxylic acids is 1. The fourth-order valence-corrected chi connectivity index (χ4v) is 3.66. The molecule has 0 spiro atoms. The largest absolute Gasteiger partial charge is 0.350 e. The number of thioether (sulfide) groups is 1. The average Bonchev–Trinajstić information content (AvgIpc) is 2.69. The molecule has 0 aliphatic rings. The summed E-state index contributed by atoms with van der Waals surface area (Å²) in [6.07, 6.45) is 1.73. The molecule has 0 aliphatic heterocycles. The van der Waals surface area contributed by atoms with E-state index in [1.165, 1.54) is 11.1 Å². The first-order valence-corrected chi connectivity index (χ1v) is 9.26. The molecule has 0 unspecified atom stereocenters. The Morgan fingerprint density at radius 3 is 2.04 bits per heavy atom. The highest BCUT2D eigenvalue weighted by Crippen LogP contribution is 2.35. The van der Waals surface area contributed by atoms with Crippen LogP contribution in [0, 0.1) is 0 Å². The van der Waals surface area contributed by atoms with Gasteiger partial charge in [-0.05, 0) is 23.3 Å². The number of pyridine rings is 1. The predicted octanol–water partition coefficient (Wildman–Crippen LogP) is 4.22. The molecule has 3 aromatic rings. The van der Waals surface area contributed by atoms with Crippen LogP contribution >= 0.6 is 11.8 Å². The molecule has 2 aromatic carbocycles. The maximum atomic E-state index is 12.2. The van der Waals surface area contributed by atoms with Gasteiger partial charge < -0.3 is 5.32 Å². The van der Waals surface area contributed by atoms with Crippen LogP contribution in [0.1, 0.15) is 22.1 Å². The minimum Gasteiger partial charge on any atom is -0.350 e. The molecule has 1 N–H and O–H groups in total. The molecule has 3 rings (SSSR count). The molecule has 0 bridgehead atoms. The summed E-state index contributed by atoms with van der Waals surface area (Å²) >= 11 is 1.64. The number of nitrogens with one attached hydrogen (secondary N) is 1. The molecule has 25 heavy (non-hydrogen) atoms. The van der Waals surface area contributed by atoms with Crippen LogP contribution in [0.2, 0.25) is 0 Å². The first kappa shape index (κ1) is 17.2. The quantitative estimate of drug-likeness (QED) is 0.695. The molecule has 0 saturated heterocycles. The molecule has 4 heteroatoms. The number of aromatic nitrogens is 1. The molecule has 1 aromatic heterocycles. The molecule has 0 atom stereocenters. The summed E-state index contributed by atoms with van der Waals surface area (Å²) < 4.78 is 0. The van der Waals surface area contributed by atoms with Gasteiger partial charge in [0.05, 0.1) is 23.2 Å². The van der Waals surface area contributed by atoms with Crippen LogP contribution in [0.25, 0.3) is 0 Å². The van der Waals surface area contributed by atoms with E-state index < -0.39 is 0 Å². The minimum atomic E-state index is 0.0208. The number of hydrogen-bond donors (Lipinski definition) is 1. The second-order valence-corrected chi connectivity index (χ2v) is 6.70. The van der Waals surface area contributed by atoms with E-state index in [1.54, 1.807) is 18.0 Å². The van der Waals surface area contributed by atoms with Gasteiger partial charge in [-0.25, -0.2) is 0 Å². The van der Waals surface area contributed by atoms with Crippen molar-refractivity contribution in [3.63, 3.8) is 0 Å². The highest BCUT2D eigenvalue weighted by atomic mass is 32.2. The minimum absolute atomic E-state index is 0.0208. The Hall–Kier alpha value is -2.59. The summed E-state index contributed by atoms with van der Waals surface area (Å²) in [5, 5.41) is 3.08. The second kappa shape index (κ2) is 9.04. The third-order valence-electron chi connectivity index (χ3n) is 3.78. The Labute approximate surface area is 152 Å². The molecular weight excluding hydrogens is 328 g/mol. The zero-order chi connectivity index (χ0) is 17.3. The Morgan fingerprint density at radius 1 is 0.880 bits per heavy atom. The van der Waals surface area contributed by atoms with Crippen LogP contribution in [-0.2, 0) is 11.3 Å². The molecule has 0 fully saturated rings. The van der Waals surface area contributed by atoms with E-state index in [0.29, 0.717) is 12.3 Å². The van der Waals surface area contributed by atoms with Gasteiger partial charge in [0.25, 0.3) is 0 Å². The molecule has 1 amide bonds. The summed E-state index contributed by atoms with van der Waals surface area (Å²) in [5.74, 6) is 0.425. The van der Waals surface area contributed by atoms with Crippen LogP contribution in [0.5, 0.6) is 0 Å². The Kier molecular flexibility index (Phi) is 6.23. The lowest BCUT2D eigenvalue weighted by atomic mass is 10.0. The SMILES string of the molecule is O=C(CSC(c1ccccc1)c1ccccc1)NCc1ccccn1. The topological polar surface area (TPSA) is 42.0 Å². The van der Waals surface area contributed by atoms with Crippen LogP contribution in [-0.4, -0.2) is 16.6 Å². The van der Waals surface area contributed by atoms with Gasteiger partial charge in [-0.15, -0.1) is 11.8 Å². The van der Waals surface area contributed by atoms with Gasteiger partial charge in [-0.3, -0.25) is 9.78 Å². The summed E-state index contributed by atoms with van der Waals surface area (Å²) in [7, 11) is 0. The lowest BCUT2D eigenvalue weighted by Crippen LogP contribution is -2.25. The lowest BCUT2D eigenvalue weighted by molar-refractivity contribution is -0.118. The molecule has 0 saturated carbocycles. The monoisotopic (exact) mass is 348 g/mol. The lowest BCUT2D eigenvalue weighted by Gasteiger charge is -2.17. The molecule has 1 heterocycles. The Bertz CT molecular complexity index is 739. The number of carbonyl (C=O) groups is 1. The third kappa shape index (κ3) is 5.19. The van der Waals surface area contributed by atoms with E-state index in [1.807, 2.05) is 54.6 Å². The molecule has 0 radical (unpaired) electrons. The maximum Gasteiger partial charge on any atom is 0.230 e. The van der Waals surface area contributed by atoms with Crippen molar-refractivity contribution in [3.05, 3.63) is 102 Å². The summed E-state index contributed by atoms with van der Waals surface area (Å²) in [4.78, 5) is 16.4. The van der Waals surface area contributed by atoms with E-state index in [9.17, 15) is 4.79 Å². The normalized spacial score (nSPS) is 10.6. The van der Waals surface area contributed by atoms with Crippen molar-refractivity contribution in [2.24, 2.45) is 0 Å². The van der Waals surface area contributed by atoms with E-state index in [-0.39, 0.29) is 11.2 Å². The molecule has 3 nitrogen and oxygen atoms in total. The molecule has 0 aliphatic carbocycles. The Morgan fingerprint density at radius 2 is 1.48 bits per heavy atom. The van der Waals surface area contributed by atoms with Gasteiger partial charge in [-0.2, -0.15) is 0 Å². The fraction of sp³-hybridized carbons (Fsp3) is 0.143. The maximum absolute atomic E-state index is 12.2. The van der Waals surface area contributed by atoms with Gasteiger partial charge in [-0.1, -0.05) is 66.7 Å². The van der Waals surface area contributed by atoms with Crippen LogP contribution in [0.15, 0.2) is 85.1 Å². The van der Waals surface area contributed by atoms with Crippen molar-refractivity contribution < 1.29 is 4.79 Å². The Balaban J connectivity index is 1.62. The van der Waals surface area contributed by atoms with Crippen LogP contribution in [0.3, 0.4) is 0 Å². The van der Waals surface area contributed by atoms with E-state index in [0.717, 1.165) is 5.69 Å². The van der Waals surface area contributed by atoms with Crippen LogP contribution < -0.4 is 5.32 Å². The fourth-order valence-electron chi connectivity index (χ4n) is 2.54. The number of amides is 1. The number of nitrogens with zero attached hydrogens (tertiary/aromatic N) is 1. The van der Waals surface area contributed by atoms with E-state index in [4.69, 9.17) is 0 Å². The summed E-state index contributed by atoms with van der Waals surface area (Å²) in [6, 6.07) is 26.3. The zero-order valence-electron chi connectivity index (χ0n) is 13.8. The average molecular weight is 348 g/mol. The van der Waals surface area contributed by atoms with Crippen molar-refractivity contribution in [3.8, 4) is 0 Å². The first-order valence-electron chi connectivity index (χ1n) is 8.21. The standard InChI is InChI=1S/C21H20N2OS/c24-20(23-15-19-13-7-8-14-22-19)16-25-21(17-9-3-1-4-10-17)18-11-5-2-6-12-18/h1-14,21H,15-16H2,(H,23,24). The van der Waals surface area contributed by atoms with Crippen molar-refractivity contribution in [2.45, 2.75) is 11.8 Å². The van der Waals surface area contributed by atoms with Gasteiger partial charge in [0.15, 0.2) is 0 Å². The molecule has 126 valence electrons. The smallest absolute Gasteiger partial charge is 0.230 e. The number of hydrogen-bond acceptors (Lipinski definition) is 3. The summed E-state index contributed by atoms with van der Waals surface area (Å²) in [6.45, 7) is 0.460. The third-order valence-corrected chi connectivity index (χ3v) is 5.09. The van der Waals surface area contributed by atoms with Crippen molar-refractivity contribution in [2.75, 3.05) is 5.75 Å². The van der Waals surface area contributed by atoms with E-state index >= 15 is 0 Å². The highest BCUT2D eigenvalue weighted by Gasteiger charge is 2.16. The van der Waals surface area contributed by atoms with Crippen molar-refractivity contribution in [1.82, 2.24) is 10.3 Å². The van der Waals surface area contributed by atoms with Gasteiger partial charge in [0.1, 0.15) is 0 Å². The number of benzene rings is 2. The first-order chi connectivity index (χ1) is 12.3. The predicted molar refractivity (Wildman–Crippen MR) is 103 cm³/mol. The van der Waals surface area contributed by atoms with Crippen molar-refractivity contribution in [1.29, 1.82) is 0 Å². The van der Waals surface area contributed by atoms with Gasteiger partial charge in [0.2, 0.25) is 5.91 Å². The highest BCUT2D eigenvalue weighted by molar-refractivity contribution is 8.00. The van der Waals surface area contributed by atoms with Gasteiger partial charge >= 0.3 is 0 Å². The summed E-state index contributed by atoms with van der Waals surface area (Å²) in [5.41, 5.74) is 3.27. The van der Waals surface area contributed by atoms with Gasteiger partial charge in [0, 0.05) is 6.20 Å². The van der Waals surface area contributed by atoms with E-state index in [2.05, 4.69) is 34.6 Å². The number of rotatable bonds is 7. The second-order valence-electron chi connectivity index (χ2n) is 5.61. The zero-order valence-corrected chi connectivity index (χ0v) is 14.7.